The highest BCUT2D eigenvalue weighted by Gasteiger charge is 2.21. The highest BCUT2D eigenvalue weighted by atomic mass is 127. The van der Waals surface area contributed by atoms with Crippen LogP contribution >= 0.6 is 24.0 Å². The Balaban J connectivity index is 0.00000363. The number of aromatic nitrogens is 1. The average Bonchev–Trinajstić information content (AvgIpc) is 2.80. The molecule has 0 unspecified atom stereocenters. The van der Waals surface area contributed by atoms with Crippen LogP contribution in [0.25, 0.3) is 0 Å². The number of aliphatic imine (C=N–C) groups is 1. The number of likely N-dealkylation sites (tertiary alicyclic amines) is 1. The second-order valence-electron chi connectivity index (χ2n) is 7.36. The van der Waals surface area contributed by atoms with Crippen LogP contribution in [0, 0.1) is 5.82 Å². The van der Waals surface area contributed by atoms with Crippen molar-refractivity contribution in [3.63, 3.8) is 0 Å². The molecular formula is C23H32FIN4O3. The first kappa shape index (κ1) is 26.3. The summed E-state index contributed by atoms with van der Waals surface area (Å²) < 4.78 is 31.0. The minimum Gasteiger partial charge on any atom is -0.453 e. The van der Waals surface area contributed by atoms with E-state index < -0.39 is 5.82 Å². The summed E-state index contributed by atoms with van der Waals surface area (Å²) in [5.41, 5.74) is 0.813. The maximum absolute atomic E-state index is 14.5. The summed E-state index contributed by atoms with van der Waals surface area (Å²) >= 11 is 0. The summed E-state index contributed by atoms with van der Waals surface area (Å²) in [7, 11) is 3.47. The van der Waals surface area contributed by atoms with E-state index in [0.717, 1.165) is 57.1 Å². The van der Waals surface area contributed by atoms with Crippen LogP contribution in [0.3, 0.4) is 0 Å². The van der Waals surface area contributed by atoms with Crippen LogP contribution in [-0.2, 0) is 16.0 Å². The number of hydrogen-bond donors (Lipinski definition) is 1. The molecule has 1 saturated heterocycles. The van der Waals surface area contributed by atoms with Gasteiger partial charge in [-0.2, -0.15) is 0 Å². The van der Waals surface area contributed by atoms with E-state index in [-0.39, 0.29) is 35.8 Å². The SMILES string of the molecule is CN=C(NCc1ccc(Oc2cccnc2)c(F)c1)N1CCC(OCCCOC)CC1.I. The van der Waals surface area contributed by atoms with E-state index in [4.69, 9.17) is 14.2 Å². The molecule has 1 aliphatic heterocycles. The highest BCUT2D eigenvalue weighted by molar-refractivity contribution is 14.0. The Kier molecular flexibility index (Phi) is 11.7. The topological polar surface area (TPSA) is 68.2 Å². The van der Waals surface area contributed by atoms with E-state index in [2.05, 4.69) is 20.2 Å². The third-order valence-electron chi connectivity index (χ3n) is 5.11. The minimum absolute atomic E-state index is 0. The van der Waals surface area contributed by atoms with E-state index in [1.165, 1.54) is 6.07 Å². The molecule has 0 bridgehead atoms. The van der Waals surface area contributed by atoms with Crippen molar-refractivity contribution in [3.8, 4) is 11.5 Å². The lowest BCUT2D eigenvalue weighted by Gasteiger charge is -2.34. The molecule has 2 heterocycles. The number of nitrogens with one attached hydrogen (secondary N) is 1. The number of guanidine groups is 1. The van der Waals surface area contributed by atoms with Gasteiger partial charge in [0.15, 0.2) is 17.5 Å². The molecule has 3 rings (SSSR count). The van der Waals surface area contributed by atoms with Gasteiger partial charge in [0.05, 0.1) is 12.3 Å². The quantitative estimate of drug-likeness (QED) is 0.215. The number of nitrogens with zero attached hydrogens (tertiary/aromatic N) is 3. The Morgan fingerprint density at radius 2 is 2.06 bits per heavy atom. The largest absolute Gasteiger partial charge is 0.453 e. The van der Waals surface area contributed by atoms with Crippen LogP contribution in [0.5, 0.6) is 11.5 Å². The summed E-state index contributed by atoms with van der Waals surface area (Å²) in [6, 6.07) is 8.43. The van der Waals surface area contributed by atoms with Gasteiger partial charge in [-0.25, -0.2) is 4.39 Å². The monoisotopic (exact) mass is 558 g/mol. The number of rotatable bonds is 9. The average molecular weight is 558 g/mol. The fraction of sp³-hybridized carbons (Fsp3) is 0.478. The van der Waals surface area contributed by atoms with E-state index in [1.54, 1.807) is 44.8 Å². The molecule has 0 atom stereocenters. The molecule has 1 fully saturated rings. The molecule has 0 amide bonds. The van der Waals surface area contributed by atoms with Gasteiger partial charge in [-0.05, 0) is 49.1 Å². The molecule has 9 heteroatoms. The van der Waals surface area contributed by atoms with Crippen LogP contribution < -0.4 is 10.1 Å². The van der Waals surface area contributed by atoms with Gasteiger partial charge in [0.1, 0.15) is 5.75 Å². The maximum atomic E-state index is 14.5. The van der Waals surface area contributed by atoms with Crippen molar-refractivity contribution in [2.24, 2.45) is 4.99 Å². The molecule has 32 heavy (non-hydrogen) atoms. The normalized spacial score (nSPS) is 14.7. The number of pyridine rings is 1. The van der Waals surface area contributed by atoms with Crippen molar-refractivity contribution >= 4 is 29.9 Å². The predicted octanol–water partition coefficient (Wildman–Crippen LogP) is 4.22. The second kappa shape index (κ2) is 14.2. The Hall–Kier alpha value is -1.98. The van der Waals surface area contributed by atoms with Crippen molar-refractivity contribution in [2.45, 2.75) is 31.9 Å². The Morgan fingerprint density at radius 3 is 2.72 bits per heavy atom. The van der Waals surface area contributed by atoms with Crippen molar-refractivity contribution in [3.05, 3.63) is 54.1 Å². The summed E-state index contributed by atoms with van der Waals surface area (Å²) in [6.45, 7) is 3.69. The van der Waals surface area contributed by atoms with E-state index in [9.17, 15) is 4.39 Å². The number of halogens is 2. The minimum atomic E-state index is -0.412. The zero-order valence-corrected chi connectivity index (χ0v) is 21.0. The molecule has 176 valence electrons. The number of hydrogen-bond acceptors (Lipinski definition) is 5. The molecule has 0 spiro atoms. The fourth-order valence-electron chi connectivity index (χ4n) is 3.47. The molecule has 1 aliphatic rings. The van der Waals surface area contributed by atoms with Gasteiger partial charge in [-0.3, -0.25) is 9.98 Å². The van der Waals surface area contributed by atoms with Gasteiger partial charge in [0.2, 0.25) is 0 Å². The second-order valence-corrected chi connectivity index (χ2v) is 7.36. The standard InChI is InChI=1S/C23H31FN4O3.HI/c1-25-23(28-11-8-19(9-12-28)30-14-4-13-29-2)27-16-18-6-7-22(21(24)15-18)31-20-5-3-10-26-17-20;/h3,5-7,10,15,17,19H,4,8-9,11-14,16H2,1-2H3,(H,25,27);1H. The first-order valence-electron chi connectivity index (χ1n) is 10.6. The molecule has 2 aromatic rings. The number of benzene rings is 1. The Bertz CT molecular complexity index is 833. The van der Waals surface area contributed by atoms with Crippen LogP contribution in [0.4, 0.5) is 4.39 Å². The van der Waals surface area contributed by atoms with Crippen LogP contribution in [0.2, 0.25) is 0 Å². The smallest absolute Gasteiger partial charge is 0.193 e. The van der Waals surface area contributed by atoms with Crippen LogP contribution in [0.1, 0.15) is 24.8 Å². The molecular weight excluding hydrogens is 526 g/mol. The van der Waals surface area contributed by atoms with E-state index in [0.29, 0.717) is 12.3 Å². The van der Waals surface area contributed by atoms with Crippen LogP contribution in [0.15, 0.2) is 47.7 Å². The van der Waals surface area contributed by atoms with Crippen molar-refractivity contribution in [2.75, 3.05) is 40.5 Å². The van der Waals surface area contributed by atoms with Crippen molar-refractivity contribution < 1.29 is 18.6 Å². The van der Waals surface area contributed by atoms with Gasteiger partial charge in [-0.1, -0.05) is 6.07 Å². The van der Waals surface area contributed by atoms with Gasteiger partial charge >= 0.3 is 0 Å². The van der Waals surface area contributed by atoms with Crippen LogP contribution in [-0.4, -0.2) is 62.4 Å². The van der Waals surface area contributed by atoms with Gasteiger partial charge in [0.25, 0.3) is 0 Å². The van der Waals surface area contributed by atoms with E-state index >= 15 is 0 Å². The Labute approximate surface area is 206 Å². The summed E-state index contributed by atoms with van der Waals surface area (Å²) in [5.74, 6) is 1.07. The molecule has 7 nitrogen and oxygen atoms in total. The first-order chi connectivity index (χ1) is 15.2. The molecule has 0 aliphatic carbocycles. The highest BCUT2D eigenvalue weighted by Crippen LogP contribution is 2.24. The first-order valence-corrected chi connectivity index (χ1v) is 10.6. The van der Waals surface area contributed by atoms with Gasteiger partial charge in [0, 0.05) is 53.2 Å². The summed E-state index contributed by atoms with van der Waals surface area (Å²) in [6.07, 6.45) is 6.32. The molecule has 0 saturated carbocycles. The predicted molar refractivity (Wildman–Crippen MR) is 133 cm³/mol. The van der Waals surface area contributed by atoms with Gasteiger partial charge in [-0.15, -0.1) is 24.0 Å². The molecule has 0 radical (unpaired) electrons. The lowest BCUT2D eigenvalue weighted by molar-refractivity contribution is 0.00989. The number of ether oxygens (including phenoxy) is 3. The van der Waals surface area contributed by atoms with Crippen molar-refractivity contribution in [1.29, 1.82) is 0 Å². The molecule has 1 N–H and O–H groups in total. The fourth-order valence-corrected chi connectivity index (χ4v) is 3.47. The molecule has 1 aromatic carbocycles. The third-order valence-corrected chi connectivity index (χ3v) is 5.11. The maximum Gasteiger partial charge on any atom is 0.193 e. The van der Waals surface area contributed by atoms with Gasteiger partial charge < -0.3 is 24.4 Å². The third kappa shape index (κ3) is 8.18. The lowest BCUT2D eigenvalue weighted by Crippen LogP contribution is -2.46. The number of methoxy groups -OCH3 is 1. The zero-order valence-electron chi connectivity index (χ0n) is 18.6. The molecule has 1 aromatic heterocycles. The Morgan fingerprint density at radius 1 is 1.25 bits per heavy atom. The van der Waals surface area contributed by atoms with Crippen molar-refractivity contribution in [1.82, 2.24) is 15.2 Å². The summed E-state index contributed by atoms with van der Waals surface area (Å²) in [4.78, 5) is 10.6. The zero-order chi connectivity index (χ0) is 21.9. The summed E-state index contributed by atoms with van der Waals surface area (Å²) in [5, 5.41) is 3.33. The van der Waals surface area contributed by atoms with E-state index in [1.807, 2.05) is 6.07 Å². The number of piperidine rings is 1. The lowest BCUT2D eigenvalue weighted by atomic mass is 10.1.